The Balaban J connectivity index is 4.93. The fourth-order valence-electron chi connectivity index (χ4n) is 1.09. The third-order valence-corrected chi connectivity index (χ3v) is 1.72. The van der Waals surface area contributed by atoms with Crippen molar-refractivity contribution in [1.29, 1.82) is 0 Å². The molecule has 0 aromatic rings. The fraction of sp³-hybridized carbons (Fsp3) is 0.857. The van der Waals surface area contributed by atoms with Gasteiger partial charge < -0.3 is 9.47 Å². The minimum atomic E-state index is -0.946. The van der Waals surface area contributed by atoms with Crippen LogP contribution in [0, 0.1) is 0 Å². The number of hydrogen-bond acceptors (Lipinski definition) is 5. The van der Waals surface area contributed by atoms with Gasteiger partial charge in [0.1, 0.15) is 11.2 Å². The number of hydroxylamine groups is 2. The van der Waals surface area contributed by atoms with Gasteiger partial charge in [0, 0.05) is 0 Å². The van der Waals surface area contributed by atoms with Crippen molar-refractivity contribution in [2.24, 2.45) is 0 Å². The quantitative estimate of drug-likeness (QED) is 0.500. The molecule has 0 bridgehead atoms. The lowest BCUT2D eigenvalue weighted by molar-refractivity contribution is -0.172. The second kappa shape index (κ2) is 5.89. The average Bonchev–Trinajstić information content (AvgIpc) is 2.05. The summed E-state index contributed by atoms with van der Waals surface area (Å²) >= 11 is 0. The lowest BCUT2D eigenvalue weighted by atomic mass is 10.1. The molecule has 0 aromatic heterocycles. The predicted octanol–water partition coefficient (Wildman–Crippen LogP) is 3.89. The smallest absolute Gasteiger partial charge is 0.442 e. The van der Waals surface area contributed by atoms with E-state index in [9.17, 15) is 9.59 Å². The first kappa shape index (κ1) is 18.5. The fourth-order valence-corrected chi connectivity index (χ4v) is 1.09. The van der Waals surface area contributed by atoms with Gasteiger partial charge in [0.25, 0.3) is 0 Å². The van der Waals surface area contributed by atoms with Crippen LogP contribution in [-0.2, 0) is 14.3 Å². The lowest BCUT2D eigenvalue weighted by Gasteiger charge is -2.34. The van der Waals surface area contributed by atoms with Gasteiger partial charge in [0.2, 0.25) is 0 Å². The SMILES string of the molecule is CC(C)(C)OC(=O)ON(C(=O)OC(C)(C)C)C(C)(C)C. The molecule has 0 radical (unpaired) electrons. The van der Waals surface area contributed by atoms with E-state index in [0.29, 0.717) is 0 Å². The highest BCUT2D eigenvalue weighted by Gasteiger charge is 2.35. The Labute approximate surface area is 121 Å². The Morgan fingerprint density at radius 1 is 0.750 bits per heavy atom. The highest BCUT2D eigenvalue weighted by Crippen LogP contribution is 2.20. The summed E-state index contributed by atoms with van der Waals surface area (Å²) in [5.41, 5.74) is -2.13. The Kier molecular flexibility index (Phi) is 5.46. The highest BCUT2D eigenvalue weighted by atomic mass is 16.8. The molecular weight excluding hydrogens is 262 g/mol. The highest BCUT2D eigenvalue weighted by molar-refractivity contribution is 5.70. The molecule has 1 amide bonds. The number of rotatable bonds is 0. The van der Waals surface area contributed by atoms with E-state index in [1.54, 1.807) is 62.3 Å². The van der Waals surface area contributed by atoms with Crippen molar-refractivity contribution < 1.29 is 23.9 Å². The molecular formula is C14H27NO5. The number of hydrogen-bond donors (Lipinski definition) is 0. The first-order valence-corrected chi connectivity index (χ1v) is 6.56. The topological polar surface area (TPSA) is 65.1 Å². The maximum atomic E-state index is 12.1. The standard InChI is InChI=1S/C14H27NO5/c1-12(2,3)15(10(16)18-13(4,5)6)20-11(17)19-14(7,8)9/h1-9H3. The van der Waals surface area contributed by atoms with Crippen LogP contribution in [0.4, 0.5) is 9.59 Å². The van der Waals surface area contributed by atoms with Crippen LogP contribution >= 0.6 is 0 Å². The molecule has 0 saturated carbocycles. The van der Waals surface area contributed by atoms with Gasteiger partial charge in [-0.1, -0.05) is 0 Å². The average molecular weight is 289 g/mol. The normalized spacial score (nSPS) is 12.7. The van der Waals surface area contributed by atoms with Gasteiger partial charge in [-0.25, -0.2) is 9.59 Å². The van der Waals surface area contributed by atoms with E-state index in [-0.39, 0.29) is 0 Å². The van der Waals surface area contributed by atoms with E-state index >= 15 is 0 Å². The zero-order valence-electron chi connectivity index (χ0n) is 14.0. The van der Waals surface area contributed by atoms with Gasteiger partial charge in [-0.2, -0.15) is 0 Å². The Morgan fingerprint density at radius 3 is 1.45 bits per heavy atom. The number of nitrogens with zero attached hydrogens (tertiary/aromatic N) is 1. The van der Waals surface area contributed by atoms with Crippen LogP contribution in [0.25, 0.3) is 0 Å². The van der Waals surface area contributed by atoms with Crippen LogP contribution < -0.4 is 0 Å². The molecule has 0 unspecified atom stereocenters. The summed E-state index contributed by atoms with van der Waals surface area (Å²) in [4.78, 5) is 28.8. The van der Waals surface area contributed by atoms with E-state index in [2.05, 4.69) is 0 Å². The van der Waals surface area contributed by atoms with E-state index in [1.807, 2.05) is 0 Å². The van der Waals surface area contributed by atoms with Crippen molar-refractivity contribution in [3.8, 4) is 0 Å². The molecule has 0 heterocycles. The van der Waals surface area contributed by atoms with Gasteiger partial charge in [-0.15, -0.1) is 5.06 Å². The summed E-state index contributed by atoms with van der Waals surface area (Å²) in [7, 11) is 0. The zero-order valence-corrected chi connectivity index (χ0v) is 14.0. The first-order chi connectivity index (χ1) is 8.62. The Morgan fingerprint density at radius 2 is 1.15 bits per heavy atom. The molecule has 0 aliphatic rings. The van der Waals surface area contributed by atoms with Crippen LogP contribution in [0.15, 0.2) is 0 Å². The molecule has 0 saturated heterocycles. The van der Waals surface area contributed by atoms with Gasteiger partial charge in [-0.05, 0) is 62.3 Å². The van der Waals surface area contributed by atoms with Crippen LogP contribution in [0.5, 0.6) is 0 Å². The molecule has 6 heteroatoms. The van der Waals surface area contributed by atoms with Crippen molar-refractivity contribution in [3.63, 3.8) is 0 Å². The van der Waals surface area contributed by atoms with Gasteiger partial charge >= 0.3 is 12.2 Å². The number of carbonyl (C=O) groups excluding carboxylic acids is 2. The monoisotopic (exact) mass is 289 g/mol. The number of amides is 1. The largest absolute Gasteiger partial charge is 0.534 e. The third kappa shape index (κ3) is 7.86. The van der Waals surface area contributed by atoms with Crippen molar-refractivity contribution in [3.05, 3.63) is 0 Å². The molecule has 0 spiro atoms. The molecule has 0 aliphatic heterocycles. The summed E-state index contributed by atoms with van der Waals surface area (Å²) in [5.74, 6) is 0. The van der Waals surface area contributed by atoms with E-state index < -0.39 is 29.0 Å². The molecule has 118 valence electrons. The second-order valence-corrected chi connectivity index (χ2v) is 7.50. The third-order valence-electron chi connectivity index (χ3n) is 1.72. The summed E-state index contributed by atoms with van der Waals surface area (Å²) in [6.45, 7) is 15.5. The van der Waals surface area contributed by atoms with Crippen LogP contribution in [-0.4, -0.2) is 34.1 Å². The number of ether oxygens (including phenoxy) is 2. The summed E-state index contributed by atoms with van der Waals surface area (Å²) in [6, 6.07) is 0. The van der Waals surface area contributed by atoms with Crippen molar-refractivity contribution in [2.75, 3.05) is 0 Å². The molecule has 6 nitrogen and oxygen atoms in total. The second-order valence-electron chi connectivity index (χ2n) is 7.50. The van der Waals surface area contributed by atoms with Gasteiger partial charge in [0.05, 0.1) is 5.54 Å². The zero-order chi connectivity index (χ0) is 16.4. The van der Waals surface area contributed by atoms with Crippen molar-refractivity contribution in [2.45, 2.75) is 79.1 Å². The van der Waals surface area contributed by atoms with Crippen molar-refractivity contribution >= 4 is 12.2 Å². The summed E-state index contributed by atoms with van der Waals surface area (Å²) < 4.78 is 10.2. The molecule has 0 atom stereocenters. The van der Waals surface area contributed by atoms with Gasteiger partial charge in [-0.3, -0.25) is 4.84 Å². The molecule has 0 aliphatic carbocycles. The maximum Gasteiger partial charge on any atom is 0.534 e. The lowest BCUT2D eigenvalue weighted by Crippen LogP contribution is -2.49. The minimum absolute atomic E-state index is 0.683. The van der Waals surface area contributed by atoms with Crippen molar-refractivity contribution in [1.82, 2.24) is 5.06 Å². The summed E-state index contributed by atoms with van der Waals surface area (Å²) in [5, 5.41) is 0.881. The molecule has 20 heavy (non-hydrogen) atoms. The number of carbonyl (C=O) groups is 2. The molecule has 0 aromatic carbocycles. The summed E-state index contributed by atoms with van der Waals surface area (Å²) in [6.07, 6.45) is -1.69. The van der Waals surface area contributed by atoms with Crippen LogP contribution in [0.3, 0.4) is 0 Å². The first-order valence-electron chi connectivity index (χ1n) is 6.56. The Hall–Kier alpha value is -1.46. The molecule has 0 N–H and O–H groups in total. The van der Waals surface area contributed by atoms with E-state index in [4.69, 9.17) is 14.3 Å². The van der Waals surface area contributed by atoms with Crippen LogP contribution in [0.1, 0.15) is 62.3 Å². The van der Waals surface area contributed by atoms with E-state index in [1.165, 1.54) is 0 Å². The Bertz CT molecular complexity index is 357. The van der Waals surface area contributed by atoms with E-state index in [0.717, 1.165) is 5.06 Å². The van der Waals surface area contributed by atoms with Gasteiger partial charge in [0.15, 0.2) is 0 Å². The molecule has 0 fully saturated rings. The maximum absolute atomic E-state index is 12.1. The minimum Gasteiger partial charge on any atom is -0.442 e. The van der Waals surface area contributed by atoms with Crippen LogP contribution in [0.2, 0.25) is 0 Å². The predicted molar refractivity (Wildman–Crippen MR) is 75.1 cm³/mol. The molecule has 0 rings (SSSR count).